The molecular formula is C26H52O6PS+. The highest BCUT2D eigenvalue weighted by Gasteiger charge is 2.34. The number of rotatable bonds is 25. The van der Waals surface area contributed by atoms with E-state index in [1.165, 1.54) is 89.9 Å². The summed E-state index contributed by atoms with van der Waals surface area (Å²) in [4.78, 5) is 20.6. The normalized spacial score (nSPS) is 13.5. The summed E-state index contributed by atoms with van der Waals surface area (Å²) >= 11 is 1.90. The molecule has 0 radical (unpaired) electrons. The molecule has 3 unspecified atom stereocenters. The Morgan fingerprint density at radius 2 is 1.29 bits per heavy atom. The number of hydrogen-bond acceptors (Lipinski definition) is 7. The molecular weight excluding hydrogens is 471 g/mol. The van der Waals surface area contributed by atoms with E-state index in [-0.39, 0.29) is 18.0 Å². The van der Waals surface area contributed by atoms with Crippen molar-refractivity contribution >= 4 is 26.2 Å². The van der Waals surface area contributed by atoms with Crippen LogP contribution in [0, 0.1) is 0 Å². The van der Waals surface area contributed by atoms with Crippen LogP contribution < -0.4 is 0 Å². The highest BCUT2D eigenvalue weighted by Crippen LogP contribution is 2.33. The monoisotopic (exact) mass is 523 g/mol. The zero-order valence-corrected chi connectivity index (χ0v) is 24.1. The summed E-state index contributed by atoms with van der Waals surface area (Å²) in [7, 11) is -2.59. The van der Waals surface area contributed by atoms with Crippen molar-refractivity contribution in [1.29, 1.82) is 0 Å². The Morgan fingerprint density at radius 3 is 1.85 bits per heavy atom. The Labute approximate surface area is 214 Å². The fourth-order valence-electron chi connectivity index (χ4n) is 3.70. The van der Waals surface area contributed by atoms with Gasteiger partial charge in [0.2, 0.25) is 0 Å². The van der Waals surface area contributed by atoms with Crippen LogP contribution in [0.1, 0.15) is 137 Å². The van der Waals surface area contributed by atoms with Crippen LogP contribution in [-0.2, 0) is 23.4 Å². The maximum atomic E-state index is 12.1. The molecule has 0 aliphatic carbocycles. The minimum absolute atomic E-state index is 0.232. The quantitative estimate of drug-likeness (QED) is 0.0510. The van der Waals surface area contributed by atoms with Gasteiger partial charge < -0.3 is 0 Å². The summed E-state index contributed by atoms with van der Waals surface area (Å²) in [6.45, 7) is 8.54. The molecule has 3 atom stereocenters. The number of unbranched alkanes of at least 4 members (excludes halogenated alkanes) is 13. The number of carbonyl (C=O) groups is 1. The highest BCUT2D eigenvalue weighted by molar-refractivity contribution is 7.99. The third kappa shape index (κ3) is 22.1. The SMILES string of the molecule is CCCCCCCCCCCCSC(CCCCCCC)C(C)O[P+](=O)OC(=O)OOCCC. The van der Waals surface area contributed by atoms with Crippen LogP contribution in [0.2, 0.25) is 0 Å². The van der Waals surface area contributed by atoms with E-state index in [1.807, 2.05) is 25.6 Å². The summed E-state index contributed by atoms with van der Waals surface area (Å²) in [5.41, 5.74) is 0. The summed E-state index contributed by atoms with van der Waals surface area (Å²) < 4.78 is 22.3. The molecule has 0 aliphatic heterocycles. The van der Waals surface area contributed by atoms with Crippen LogP contribution in [0.15, 0.2) is 0 Å². The lowest BCUT2D eigenvalue weighted by molar-refractivity contribution is -0.248. The summed E-state index contributed by atoms with van der Waals surface area (Å²) in [5.74, 6) is 1.08. The fraction of sp³-hybridized carbons (Fsp3) is 0.962. The second-order valence-electron chi connectivity index (χ2n) is 9.07. The van der Waals surface area contributed by atoms with Gasteiger partial charge in [0.05, 0.1) is 6.61 Å². The van der Waals surface area contributed by atoms with E-state index in [2.05, 4.69) is 28.1 Å². The predicted molar refractivity (Wildman–Crippen MR) is 143 cm³/mol. The Kier molecular flexibility index (Phi) is 25.5. The number of hydrogen-bond donors (Lipinski definition) is 0. The minimum Gasteiger partial charge on any atom is -0.256 e. The molecule has 0 saturated heterocycles. The first kappa shape index (κ1) is 33.6. The molecule has 202 valence electrons. The van der Waals surface area contributed by atoms with Gasteiger partial charge in [-0.25, -0.2) is 0 Å². The van der Waals surface area contributed by atoms with Crippen molar-refractivity contribution in [1.82, 2.24) is 0 Å². The summed E-state index contributed by atoms with van der Waals surface area (Å²) in [6, 6.07) is 0. The number of carbonyl (C=O) groups excluding carboxylic acids is 1. The molecule has 0 rings (SSSR count). The zero-order chi connectivity index (χ0) is 25.3. The molecule has 0 aliphatic rings. The lowest BCUT2D eigenvalue weighted by atomic mass is 10.1. The third-order valence-corrected chi connectivity index (χ3v) is 8.14. The van der Waals surface area contributed by atoms with Gasteiger partial charge in [0.15, 0.2) is 0 Å². The first-order valence-corrected chi connectivity index (χ1v) is 16.0. The van der Waals surface area contributed by atoms with E-state index in [9.17, 15) is 9.36 Å². The minimum atomic E-state index is -2.59. The smallest absolute Gasteiger partial charge is 0.256 e. The van der Waals surface area contributed by atoms with Crippen LogP contribution in [0.25, 0.3) is 0 Å². The van der Waals surface area contributed by atoms with Crippen molar-refractivity contribution in [2.75, 3.05) is 12.4 Å². The van der Waals surface area contributed by atoms with Gasteiger partial charge in [0.25, 0.3) is 0 Å². The van der Waals surface area contributed by atoms with Crippen molar-refractivity contribution in [2.24, 2.45) is 0 Å². The van der Waals surface area contributed by atoms with Gasteiger partial charge in [-0.2, -0.15) is 21.4 Å². The zero-order valence-electron chi connectivity index (χ0n) is 22.4. The van der Waals surface area contributed by atoms with Crippen LogP contribution in [0.4, 0.5) is 4.79 Å². The molecule has 0 aromatic carbocycles. The van der Waals surface area contributed by atoms with E-state index in [1.54, 1.807) is 0 Å². The number of thioether (sulfide) groups is 1. The molecule has 0 saturated carbocycles. The van der Waals surface area contributed by atoms with Gasteiger partial charge >= 0.3 is 14.4 Å². The van der Waals surface area contributed by atoms with E-state index >= 15 is 0 Å². The maximum Gasteiger partial charge on any atom is 0.757 e. The van der Waals surface area contributed by atoms with Crippen molar-refractivity contribution < 1.29 is 28.2 Å². The Balaban J connectivity index is 4.22. The Bertz CT molecular complexity index is 480. The Morgan fingerprint density at radius 1 is 0.765 bits per heavy atom. The van der Waals surface area contributed by atoms with Gasteiger partial charge in [0.1, 0.15) is 6.10 Å². The van der Waals surface area contributed by atoms with E-state index in [4.69, 9.17) is 4.52 Å². The first-order valence-electron chi connectivity index (χ1n) is 13.8. The molecule has 0 amide bonds. The van der Waals surface area contributed by atoms with Gasteiger partial charge in [-0.15, -0.1) is 9.05 Å². The van der Waals surface area contributed by atoms with E-state index in [0.29, 0.717) is 6.42 Å². The molecule has 0 N–H and O–H groups in total. The molecule has 0 spiro atoms. The van der Waals surface area contributed by atoms with Crippen molar-refractivity contribution in [3.8, 4) is 0 Å². The highest BCUT2D eigenvalue weighted by atomic mass is 32.2. The van der Waals surface area contributed by atoms with Crippen LogP contribution >= 0.6 is 20.0 Å². The molecule has 0 bridgehead atoms. The standard InChI is InChI=1S/C26H52O6PS/c1-5-8-10-12-13-14-15-16-18-20-23-34-25(21-19-17-11-9-6-2)24(4)31-33(28)32-26(27)30-29-22-7-3/h24-25H,5-23H2,1-4H3/q+1. The molecule has 0 heterocycles. The van der Waals surface area contributed by atoms with Crippen LogP contribution in [0.5, 0.6) is 0 Å². The summed E-state index contributed by atoms with van der Waals surface area (Å²) in [5, 5.41) is 0.232. The lowest BCUT2D eigenvalue weighted by Crippen LogP contribution is -2.22. The molecule has 0 fully saturated rings. The molecule has 0 aromatic rings. The second-order valence-corrected chi connectivity index (χ2v) is 11.3. The molecule has 8 heteroatoms. The van der Waals surface area contributed by atoms with Crippen molar-refractivity contribution in [3.63, 3.8) is 0 Å². The largest absolute Gasteiger partial charge is 0.757 e. The van der Waals surface area contributed by atoms with E-state index < -0.39 is 14.4 Å². The van der Waals surface area contributed by atoms with Crippen LogP contribution in [0.3, 0.4) is 0 Å². The average molecular weight is 524 g/mol. The topological polar surface area (TPSA) is 71.1 Å². The molecule has 0 aromatic heterocycles. The van der Waals surface area contributed by atoms with Gasteiger partial charge in [-0.3, -0.25) is 4.89 Å². The second kappa shape index (κ2) is 25.7. The molecule has 34 heavy (non-hydrogen) atoms. The van der Waals surface area contributed by atoms with Crippen LogP contribution in [-0.4, -0.2) is 29.9 Å². The fourth-order valence-corrected chi connectivity index (χ4v) is 5.73. The first-order chi connectivity index (χ1) is 16.5. The van der Waals surface area contributed by atoms with E-state index in [0.717, 1.165) is 18.6 Å². The van der Waals surface area contributed by atoms with Crippen molar-refractivity contribution in [3.05, 3.63) is 0 Å². The average Bonchev–Trinajstić information content (AvgIpc) is 2.81. The lowest BCUT2D eigenvalue weighted by Gasteiger charge is -2.19. The predicted octanol–water partition coefficient (Wildman–Crippen LogP) is 9.93. The third-order valence-electron chi connectivity index (χ3n) is 5.76. The Hall–Kier alpha value is -0.360. The van der Waals surface area contributed by atoms with Gasteiger partial charge in [-0.05, 0) is 31.9 Å². The summed E-state index contributed by atoms with van der Waals surface area (Å²) in [6.07, 6.45) is 19.7. The molecule has 6 nitrogen and oxygen atoms in total. The van der Waals surface area contributed by atoms with Crippen molar-refractivity contribution in [2.45, 2.75) is 148 Å². The maximum absolute atomic E-state index is 12.1. The van der Waals surface area contributed by atoms with Gasteiger partial charge in [-0.1, -0.05) is 111 Å². The van der Waals surface area contributed by atoms with Gasteiger partial charge in [0, 0.05) is 9.81 Å².